The molecule has 0 unspecified atom stereocenters. The zero-order chi connectivity index (χ0) is 17.2. The number of carbonyl (C=O) groups is 1. The van der Waals surface area contributed by atoms with Crippen LogP contribution >= 0.6 is 11.8 Å². The Bertz CT molecular complexity index is 631. The summed E-state index contributed by atoms with van der Waals surface area (Å²) in [7, 11) is 0. The lowest BCUT2D eigenvalue weighted by Crippen LogP contribution is -2.39. The SMILES string of the molecule is CC[C@H](Oc1ccccc1C)C(=O)NCCSCc1ccccc1. The van der Waals surface area contributed by atoms with Gasteiger partial charge >= 0.3 is 0 Å². The Morgan fingerprint density at radius 3 is 2.54 bits per heavy atom. The Kier molecular flexibility index (Phi) is 7.69. The second kappa shape index (κ2) is 10.0. The van der Waals surface area contributed by atoms with Crippen LogP contribution in [0.5, 0.6) is 5.75 Å². The summed E-state index contributed by atoms with van der Waals surface area (Å²) in [5, 5.41) is 2.97. The van der Waals surface area contributed by atoms with Crippen molar-refractivity contribution in [1.29, 1.82) is 0 Å². The Balaban J connectivity index is 1.71. The van der Waals surface area contributed by atoms with Crippen LogP contribution in [0.4, 0.5) is 0 Å². The fourth-order valence-electron chi connectivity index (χ4n) is 2.29. The molecule has 0 aliphatic carbocycles. The van der Waals surface area contributed by atoms with E-state index in [0.29, 0.717) is 13.0 Å². The van der Waals surface area contributed by atoms with Crippen LogP contribution in [0.3, 0.4) is 0 Å². The highest BCUT2D eigenvalue weighted by Gasteiger charge is 2.18. The van der Waals surface area contributed by atoms with Crippen molar-refractivity contribution in [2.75, 3.05) is 12.3 Å². The second-order valence-electron chi connectivity index (χ2n) is 5.61. The first-order valence-electron chi connectivity index (χ1n) is 8.32. The van der Waals surface area contributed by atoms with Crippen molar-refractivity contribution in [3.05, 3.63) is 65.7 Å². The molecule has 0 aromatic heterocycles. The Morgan fingerprint density at radius 2 is 1.83 bits per heavy atom. The van der Waals surface area contributed by atoms with E-state index in [1.165, 1.54) is 5.56 Å². The second-order valence-corrected chi connectivity index (χ2v) is 6.71. The molecule has 3 nitrogen and oxygen atoms in total. The van der Waals surface area contributed by atoms with Crippen molar-refractivity contribution in [3.8, 4) is 5.75 Å². The highest BCUT2D eigenvalue weighted by Crippen LogP contribution is 2.19. The molecule has 2 aromatic rings. The number of amides is 1. The number of aryl methyl sites for hydroxylation is 1. The van der Waals surface area contributed by atoms with Gasteiger partial charge in [-0.15, -0.1) is 0 Å². The molecule has 0 aliphatic rings. The van der Waals surface area contributed by atoms with Crippen LogP contribution in [-0.2, 0) is 10.5 Å². The first kappa shape index (κ1) is 18.4. The first-order valence-corrected chi connectivity index (χ1v) is 9.48. The molecule has 0 bridgehead atoms. The Morgan fingerprint density at radius 1 is 1.12 bits per heavy atom. The smallest absolute Gasteiger partial charge is 0.261 e. The molecule has 0 radical (unpaired) electrons. The van der Waals surface area contributed by atoms with Gasteiger partial charge in [0.25, 0.3) is 5.91 Å². The molecular weight excluding hydrogens is 318 g/mol. The van der Waals surface area contributed by atoms with E-state index in [2.05, 4.69) is 17.4 Å². The van der Waals surface area contributed by atoms with E-state index in [0.717, 1.165) is 22.8 Å². The molecular formula is C20H25NO2S. The average Bonchev–Trinajstić information content (AvgIpc) is 2.61. The summed E-state index contributed by atoms with van der Waals surface area (Å²) in [6.07, 6.45) is 0.211. The third-order valence-corrected chi connectivity index (χ3v) is 4.71. The van der Waals surface area contributed by atoms with E-state index in [4.69, 9.17) is 4.74 Å². The number of hydrogen-bond acceptors (Lipinski definition) is 3. The van der Waals surface area contributed by atoms with Crippen molar-refractivity contribution in [2.24, 2.45) is 0 Å². The fraction of sp³-hybridized carbons (Fsp3) is 0.350. The summed E-state index contributed by atoms with van der Waals surface area (Å²) in [6.45, 7) is 4.61. The van der Waals surface area contributed by atoms with Gasteiger partial charge in [0.15, 0.2) is 6.10 Å². The Hall–Kier alpha value is -1.94. The molecule has 2 aromatic carbocycles. The first-order chi connectivity index (χ1) is 11.7. The molecule has 0 fully saturated rings. The van der Waals surface area contributed by atoms with E-state index >= 15 is 0 Å². The molecule has 0 heterocycles. The van der Waals surface area contributed by atoms with Gasteiger partial charge in [-0.25, -0.2) is 0 Å². The van der Waals surface area contributed by atoms with Gasteiger partial charge in [0.05, 0.1) is 0 Å². The summed E-state index contributed by atoms with van der Waals surface area (Å²) in [6, 6.07) is 18.1. The van der Waals surface area contributed by atoms with Crippen LogP contribution in [0.15, 0.2) is 54.6 Å². The number of ether oxygens (including phenoxy) is 1. The minimum Gasteiger partial charge on any atom is -0.480 e. The van der Waals surface area contributed by atoms with Gasteiger partial charge in [0, 0.05) is 18.1 Å². The summed E-state index contributed by atoms with van der Waals surface area (Å²) in [5.41, 5.74) is 2.35. The number of benzene rings is 2. The molecule has 1 amide bonds. The minimum atomic E-state index is -0.440. The number of nitrogens with one attached hydrogen (secondary N) is 1. The van der Waals surface area contributed by atoms with E-state index in [1.54, 1.807) is 0 Å². The van der Waals surface area contributed by atoms with Crippen molar-refractivity contribution >= 4 is 17.7 Å². The van der Waals surface area contributed by atoms with Gasteiger partial charge in [-0.05, 0) is 30.5 Å². The van der Waals surface area contributed by atoms with Crippen LogP contribution < -0.4 is 10.1 Å². The largest absolute Gasteiger partial charge is 0.480 e. The molecule has 0 spiro atoms. The molecule has 1 N–H and O–H groups in total. The average molecular weight is 343 g/mol. The van der Waals surface area contributed by atoms with E-state index in [9.17, 15) is 4.79 Å². The topological polar surface area (TPSA) is 38.3 Å². The lowest BCUT2D eigenvalue weighted by molar-refractivity contribution is -0.128. The third kappa shape index (κ3) is 5.93. The molecule has 4 heteroatoms. The summed E-state index contributed by atoms with van der Waals surface area (Å²) in [5.74, 6) is 2.59. The number of carbonyl (C=O) groups excluding carboxylic acids is 1. The maximum absolute atomic E-state index is 12.3. The quantitative estimate of drug-likeness (QED) is 0.694. The molecule has 1 atom stereocenters. The fourth-order valence-corrected chi connectivity index (χ4v) is 3.11. The van der Waals surface area contributed by atoms with Crippen molar-refractivity contribution < 1.29 is 9.53 Å². The van der Waals surface area contributed by atoms with Gasteiger partial charge in [-0.3, -0.25) is 4.79 Å². The predicted molar refractivity (Wildman–Crippen MR) is 101 cm³/mol. The number of thioether (sulfide) groups is 1. The summed E-state index contributed by atoms with van der Waals surface area (Å²) in [4.78, 5) is 12.3. The lowest BCUT2D eigenvalue weighted by Gasteiger charge is -2.18. The maximum Gasteiger partial charge on any atom is 0.261 e. The monoisotopic (exact) mass is 343 g/mol. The Labute approximate surface area is 148 Å². The van der Waals surface area contributed by atoms with Crippen LogP contribution in [0, 0.1) is 6.92 Å². The highest BCUT2D eigenvalue weighted by molar-refractivity contribution is 7.98. The van der Waals surface area contributed by atoms with E-state index in [-0.39, 0.29) is 5.91 Å². The normalized spacial score (nSPS) is 11.8. The summed E-state index contributed by atoms with van der Waals surface area (Å²) >= 11 is 1.82. The number of para-hydroxylation sites is 1. The van der Waals surface area contributed by atoms with Gasteiger partial charge in [-0.1, -0.05) is 55.5 Å². The molecule has 24 heavy (non-hydrogen) atoms. The van der Waals surface area contributed by atoms with Gasteiger partial charge < -0.3 is 10.1 Å². The van der Waals surface area contributed by atoms with Gasteiger partial charge in [-0.2, -0.15) is 11.8 Å². The van der Waals surface area contributed by atoms with Crippen LogP contribution in [0.25, 0.3) is 0 Å². The molecule has 0 aliphatic heterocycles. The van der Waals surface area contributed by atoms with Crippen LogP contribution in [0.1, 0.15) is 24.5 Å². The van der Waals surface area contributed by atoms with Gasteiger partial charge in [0.2, 0.25) is 0 Å². The highest BCUT2D eigenvalue weighted by atomic mass is 32.2. The van der Waals surface area contributed by atoms with Crippen LogP contribution in [-0.4, -0.2) is 24.3 Å². The molecule has 0 saturated carbocycles. The van der Waals surface area contributed by atoms with E-state index in [1.807, 2.05) is 68.1 Å². The van der Waals surface area contributed by atoms with Crippen molar-refractivity contribution in [3.63, 3.8) is 0 Å². The lowest BCUT2D eigenvalue weighted by atomic mass is 10.2. The van der Waals surface area contributed by atoms with Gasteiger partial charge in [0.1, 0.15) is 5.75 Å². The third-order valence-electron chi connectivity index (χ3n) is 3.68. The molecule has 128 valence electrons. The van der Waals surface area contributed by atoms with Crippen LogP contribution in [0.2, 0.25) is 0 Å². The minimum absolute atomic E-state index is 0.0407. The summed E-state index contributed by atoms with van der Waals surface area (Å²) < 4.78 is 5.86. The molecule has 2 rings (SSSR count). The van der Waals surface area contributed by atoms with Crippen molar-refractivity contribution in [2.45, 2.75) is 32.1 Å². The van der Waals surface area contributed by atoms with E-state index < -0.39 is 6.10 Å². The number of rotatable bonds is 9. The predicted octanol–water partition coefficient (Wildman–Crippen LogP) is 4.20. The standard InChI is InChI=1S/C20H25NO2S/c1-3-18(23-19-12-8-7-9-16(19)2)20(22)21-13-14-24-15-17-10-5-4-6-11-17/h4-12,18H,3,13-15H2,1-2H3,(H,21,22)/t18-/m0/s1. The molecule has 0 saturated heterocycles. The van der Waals surface area contributed by atoms with Crippen molar-refractivity contribution in [1.82, 2.24) is 5.32 Å². The zero-order valence-electron chi connectivity index (χ0n) is 14.3. The maximum atomic E-state index is 12.3. The number of hydrogen-bond donors (Lipinski definition) is 1. The zero-order valence-corrected chi connectivity index (χ0v) is 15.1.